The summed E-state index contributed by atoms with van der Waals surface area (Å²) in [5.74, 6) is 0. The standard InChI is InChI=1S/C15H25N5O/c21-15(18-13-4-2-1-3-5-13)20-8-6-19(7-9-20)11-14-10-16-12-17-14/h10,12-13H,1-9,11H2,(H,16,17)(H,18,21). The zero-order chi connectivity index (χ0) is 14.5. The first-order valence-electron chi connectivity index (χ1n) is 8.06. The molecule has 0 aromatic carbocycles. The number of carbonyl (C=O) groups is 1. The quantitative estimate of drug-likeness (QED) is 0.888. The zero-order valence-electron chi connectivity index (χ0n) is 12.6. The Morgan fingerprint density at radius 3 is 2.67 bits per heavy atom. The highest BCUT2D eigenvalue weighted by atomic mass is 16.2. The van der Waals surface area contributed by atoms with Crippen LogP contribution in [0.15, 0.2) is 12.5 Å². The van der Waals surface area contributed by atoms with Crippen LogP contribution in [-0.2, 0) is 6.54 Å². The van der Waals surface area contributed by atoms with Gasteiger partial charge < -0.3 is 15.2 Å². The lowest BCUT2D eigenvalue weighted by Gasteiger charge is -2.35. The van der Waals surface area contributed by atoms with Gasteiger partial charge in [-0.3, -0.25) is 4.90 Å². The summed E-state index contributed by atoms with van der Waals surface area (Å²) in [7, 11) is 0. The maximum Gasteiger partial charge on any atom is 0.317 e. The molecule has 1 aliphatic heterocycles. The minimum atomic E-state index is 0.128. The van der Waals surface area contributed by atoms with Gasteiger partial charge in [-0.05, 0) is 12.8 Å². The highest BCUT2D eigenvalue weighted by Crippen LogP contribution is 2.17. The third kappa shape index (κ3) is 3.97. The van der Waals surface area contributed by atoms with Crippen LogP contribution in [0.4, 0.5) is 4.79 Å². The maximum atomic E-state index is 12.3. The molecule has 0 bridgehead atoms. The molecule has 1 saturated heterocycles. The van der Waals surface area contributed by atoms with Crippen molar-refractivity contribution in [1.82, 2.24) is 25.1 Å². The van der Waals surface area contributed by atoms with E-state index in [1.807, 2.05) is 11.1 Å². The number of aromatic nitrogens is 2. The molecule has 2 heterocycles. The number of rotatable bonds is 3. The van der Waals surface area contributed by atoms with Gasteiger partial charge in [0.25, 0.3) is 0 Å². The average molecular weight is 291 g/mol. The number of piperazine rings is 1. The minimum absolute atomic E-state index is 0.128. The predicted molar refractivity (Wildman–Crippen MR) is 80.8 cm³/mol. The lowest BCUT2D eigenvalue weighted by atomic mass is 9.96. The Hall–Kier alpha value is -1.56. The number of imidazole rings is 1. The first-order chi connectivity index (χ1) is 10.3. The monoisotopic (exact) mass is 291 g/mol. The summed E-state index contributed by atoms with van der Waals surface area (Å²) >= 11 is 0. The third-order valence-corrected chi connectivity index (χ3v) is 4.54. The molecule has 21 heavy (non-hydrogen) atoms. The lowest BCUT2D eigenvalue weighted by molar-refractivity contribution is 0.131. The summed E-state index contributed by atoms with van der Waals surface area (Å²) in [5.41, 5.74) is 1.13. The minimum Gasteiger partial charge on any atom is -0.347 e. The molecule has 2 fully saturated rings. The van der Waals surface area contributed by atoms with Crippen molar-refractivity contribution in [2.45, 2.75) is 44.7 Å². The van der Waals surface area contributed by atoms with Crippen LogP contribution in [-0.4, -0.2) is 58.0 Å². The smallest absolute Gasteiger partial charge is 0.317 e. The molecular formula is C15H25N5O. The van der Waals surface area contributed by atoms with E-state index in [9.17, 15) is 4.79 Å². The average Bonchev–Trinajstić information content (AvgIpc) is 3.02. The van der Waals surface area contributed by atoms with Crippen molar-refractivity contribution in [3.63, 3.8) is 0 Å². The Balaban J connectivity index is 1.41. The number of H-pyrrole nitrogens is 1. The fourth-order valence-electron chi connectivity index (χ4n) is 3.23. The summed E-state index contributed by atoms with van der Waals surface area (Å²) in [5, 5.41) is 3.20. The Morgan fingerprint density at radius 1 is 1.24 bits per heavy atom. The Kier molecular flexibility index (Phi) is 4.75. The van der Waals surface area contributed by atoms with E-state index in [2.05, 4.69) is 20.2 Å². The van der Waals surface area contributed by atoms with E-state index in [1.54, 1.807) is 6.33 Å². The number of urea groups is 1. The molecular weight excluding hydrogens is 266 g/mol. The lowest BCUT2D eigenvalue weighted by Crippen LogP contribution is -2.53. The molecule has 1 aliphatic carbocycles. The second kappa shape index (κ2) is 6.93. The van der Waals surface area contributed by atoms with Gasteiger partial charge in [0.2, 0.25) is 0 Å². The van der Waals surface area contributed by atoms with Gasteiger partial charge in [0.1, 0.15) is 0 Å². The molecule has 0 spiro atoms. The topological polar surface area (TPSA) is 64.3 Å². The number of carbonyl (C=O) groups excluding carboxylic acids is 1. The Morgan fingerprint density at radius 2 is 2.00 bits per heavy atom. The molecule has 2 N–H and O–H groups in total. The van der Waals surface area contributed by atoms with Gasteiger partial charge >= 0.3 is 6.03 Å². The molecule has 3 rings (SSSR count). The molecule has 0 radical (unpaired) electrons. The van der Waals surface area contributed by atoms with E-state index in [0.717, 1.165) is 51.3 Å². The molecule has 0 atom stereocenters. The molecule has 1 saturated carbocycles. The summed E-state index contributed by atoms with van der Waals surface area (Å²) in [6.45, 7) is 4.37. The van der Waals surface area contributed by atoms with Gasteiger partial charge in [-0.15, -0.1) is 0 Å². The Bertz CT molecular complexity index is 433. The molecule has 1 aromatic heterocycles. The summed E-state index contributed by atoms with van der Waals surface area (Å²) in [6, 6.07) is 0.525. The molecule has 2 aliphatic rings. The van der Waals surface area contributed by atoms with Crippen molar-refractivity contribution in [3.8, 4) is 0 Å². The second-order valence-corrected chi connectivity index (χ2v) is 6.12. The van der Waals surface area contributed by atoms with Crippen LogP contribution in [0.25, 0.3) is 0 Å². The van der Waals surface area contributed by atoms with Gasteiger partial charge in [0.05, 0.1) is 6.33 Å². The van der Waals surface area contributed by atoms with Crippen LogP contribution >= 0.6 is 0 Å². The van der Waals surface area contributed by atoms with E-state index < -0.39 is 0 Å². The van der Waals surface area contributed by atoms with Crippen LogP contribution in [0, 0.1) is 0 Å². The van der Waals surface area contributed by atoms with Crippen molar-refractivity contribution in [2.75, 3.05) is 26.2 Å². The highest BCUT2D eigenvalue weighted by molar-refractivity contribution is 5.74. The van der Waals surface area contributed by atoms with Crippen molar-refractivity contribution in [3.05, 3.63) is 18.2 Å². The van der Waals surface area contributed by atoms with E-state index in [-0.39, 0.29) is 6.03 Å². The van der Waals surface area contributed by atoms with Crippen molar-refractivity contribution >= 4 is 6.03 Å². The van der Waals surface area contributed by atoms with Crippen LogP contribution in [0.2, 0.25) is 0 Å². The van der Waals surface area contributed by atoms with Crippen molar-refractivity contribution in [2.24, 2.45) is 0 Å². The molecule has 6 heteroatoms. The van der Waals surface area contributed by atoms with Gasteiger partial charge in [-0.25, -0.2) is 9.78 Å². The van der Waals surface area contributed by atoms with Gasteiger partial charge in [-0.1, -0.05) is 19.3 Å². The van der Waals surface area contributed by atoms with E-state index in [4.69, 9.17) is 0 Å². The number of nitrogens with zero attached hydrogens (tertiary/aromatic N) is 3. The number of aromatic amines is 1. The van der Waals surface area contributed by atoms with E-state index in [1.165, 1.54) is 19.3 Å². The van der Waals surface area contributed by atoms with E-state index >= 15 is 0 Å². The Labute approximate surface area is 125 Å². The van der Waals surface area contributed by atoms with Gasteiger partial charge in [-0.2, -0.15) is 0 Å². The molecule has 6 nitrogen and oxygen atoms in total. The van der Waals surface area contributed by atoms with Crippen molar-refractivity contribution < 1.29 is 4.79 Å². The fourth-order valence-corrected chi connectivity index (χ4v) is 3.23. The third-order valence-electron chi connectivity index (χ3n) is 4.54. The van der Waals surface area contributed by atoms with Gasteiger partial charge in [0, 0.05) is 50.7 Å². The number of nitrogens with one attached hydrogen (secondary N) is 2. The van der Waals surface area contributed by atoms with Crippen molar-refractivity contribution in [1.29, 1.82) is 0 Å². The molecule has 2 amide bonds. The first kappa shape index (κ1) is 14.4. The number of amides is 2. The maximum absolute atomic E-state index is 12.3. The van der Waals surface area contributed by atoms with Gasteiger partial charge in [0.15, 0.2) is 0 Å². The largest absolute Gasteiger partial charge is 0.347 e. The first-order valence-corrected chi connectivity index (χ1v) is 8.06. The zero-order valence-corrected chi connectivity index (χ0v) is 12.6. The fraction of sp³-hybridized carbons (Fsp3) is 0.733. The summed E-state index contributed by atoms with van der Waals surface area (Å²) < 4.78 is 0. The normalized spacial score (nSPS) is 21.4. The summed E-state index contributed by atoms with van der Waals surface area (Å²) in [6.07, 6.45) is 9.69. The number of hydrogen-bond donors (Lipinski definition) is 2. The van der Waals surface area contributed by atoms with Crippen LogP contribution in [0.5, 0.6) is 0 Å². The van der Waals surface area contributed by atoms with Crippen LogP contribution < -0.4 is 5.32 Å². The SMILES string of the molecule is O=C(NC1CCCCC1)N1CCN(Cc2cnc[nH]2)CC1. The van der Waals surface area contributed by atoms with E-state index in [0.29, 0.717) is 6.04 Å². The number of hydrogen-bond acceptors (Lipinski definition) is 3. The predicted octanol–water partition coefficient (Wildman–Crippen LogP) is 1.57. The molecule has 116 valence electrons. The molecule has 1 aromatic rings. The second-order valence-electron chi connectivity index (χ2n) is 6.12. The molecule has 0 unspecified atom stereocenters. The van der Waals surface area contributed by atoms with Crippen LogP contribution in [0.3, 0.4) is 0 Å². The highest BCUT2D eigenvalue weighted by Gasteiger charge is 2.23. The van der Waals surface area contributed by atoms with Crippen LogP contribution in [0.1, 0.15) is 37.8 Å². The summed E-state index contributed by atoms with van der Waals surface area (Å²) in [4.78, 5) is 23.8.